The molecule has 0 aliphatic carbocycles. The van der Waals surface area contributed by atoms with E-state index in [1.54, 1.807) is 24.4 Å². The van der Waals surface area contributed by atoms with E-state index >= 15 is 0 Å². The van der Waals surface area contributed by atoms with Crippen molar-refractivity contribution in [2.75, 3.05) is 6.54 Å². The topological polar surface area (TPSA) is 242 Å². The SMILES string of the molecule is NC(N)=Nc1ccc(C(=O)NCCCC(=O)N[C@@H](CC(=O)O)C(=O)N[C@H](Cc2c[nH]c3ccccc23)C(=O)O)cc1. The Morgan fingerprint density at radius 1 is 0.927 bits per heavy atom. The fourth-order valence-electron chi connectivity index (χ4n) is 4.03. The maximum Gasteiger partial charge on any atom is 0.326 e. The van der Waals surface area contributed by atoms with E-state index in [1.165, 1.54) is 12.1 Å². The molecule has 1 aromatic heterocycles. The summed E-state index contributed by atoms with van der Waals surface area (Å²) in [5.41, 5.74) is 12.9. The van der Waals surface area contributed by atoms with Crippen LogP contribution >= 0.6 is 0 Å². The van der Waals surface area contributed by atoms with Gasteiger partial charge < -0.3 is 42.6 Å². The molecule has 14 nitrogen and oxygen atoms in total. The van der Waals surface area contributed by atoms with E-state index in [1.807, 2.05) is 18.2 Å². The molecule has 0 bridgehead atoms. The average Bonchev–Trinajstić information content (AvgIpc) is 3.32. The Morgan fingerprint density at radius 3 is 2.29 bits per heavy atom. The summed E-state index contributed by atoms with van der Waals surface area (Å²) >= 11 is 0. The third-order valence-corrected chi connectivity index (χ3v) is 6.00. The Kier molecular flexibility index (Phi) is 10.4. The highest BCUT2D eigenvalue weighted by Crippen LogP contribution is 2.19. The molecule has 2 aromatic carbocycles. The number of benzene rings is 2. The van der Waals surface area contributed by atoms with E-state index in [-0.39, 0.29) is 37.7 Å². The number of aromatic amines is 1. The zero-order chi connectivity index (χ0) is 29.9. The van der Waals surface area contributed by atoms with Crippen LogP contribution in [0, 0.1) is 0 Å². The van der Waals surface area contributed by atoms with Gasteiger partial charge in [0.1, 0.15) is 12.1 Å². The van der Waals surface area contributed by atoms with Crippen LogP contribution in [0.15, 0.2) is 59.7 Å². The van der Waals surface area contributed by atoms with Gasteiger partial charge >= 0.3 is 11.9 Å². The summed E-state index contributed by atoms with van der Waals surface area (Å²) in [5, 5.41) is 27.0. The lowest BCUT2D eigenvalue weighted by atomic mass is 10.0. The van der Waals surface area contributed by atoms with Crippen molar-refractivity contribution in [3.8, 4) is 0 Å². The summed E-state index contributed by atoms with van der Waals surface area (Å²) in [7, 11) is 0. The number of aromatic nitrogens is 1. The number of hydrogen-bond donors (Lipinski definition) is 8. The molecule has 0 saturated heterocycles. The lowest BCUT2D eigenvalue weighted by molar-refractivity contribution is -0.143. The highest BCUT2D eigenvalue weighted by molar-refractivity contribution is 5.95. The zero-order valence-corrected chi connectivity index (χ0v) is 21.9. The summed E-state index contributed by atoms with van der Waals surface area (Å²) in [6.07, 6.45) is 0.914. The molecule has 0 radical (unpaired) electrons. The maximum atomic E-state index is 12.8. The number of carbonyl (C=O) groups is 5. The Bertz CT molecular complexity index is 1450. The third-order valence-electron chi connectivity index (χ3n) is 6.00. The summed E-state index contributed by atoms with van der Waals surface area (Å²) < 4.78 is 0. The second kappa shape index (κ2) is 14.1. The summed E-state index contributed by atoms with van der Waals surface area (Å²) in [6, 6.07) is 10.6. The summed E-state index contributed by atoms with van der Waals surface area (Å²) in [6.45, 7) is 0.128. The zero-order valence-electron chi connectivity index (χ0n) is 21.9. The van der Waals surface area contributed by atoms with Gasteiger partial charge in [-0.3, -0.25) is 19.2 Å². The number of H-pyrrole nitrogens is 1. The molecule has 0 fully saturated rings. The number of nitrogens with one attached hydrogen (secondary N) is 4. The maximum absolute atomic E-state index is 12.8. The number of amides is 3. The smallest absolute Gasteiger partial charge is 0.326 e. The molecule has 0 spiro atoms. The molecule has 0 aliphatic heterocycles. The van der Waals surface area contributed by atoms with Gasteiger partial charge in [-0.25, -0.2) is 9.79 Å². The van der Waals surface area contributed by atoms with Crippen molar-refractivity contribution in [2.45, 2.75) is 37.8 Å². The van der Waals surface area contributed by atoms with Crippen LogP contribution in [0.1, 0.15) is 35.2 Å². The summed E-state index contributed by atoms with van der Waals surface area (Å²) in [4.78, 5) is 67.7. The van der Waals surface area contributed by atoms with Gasteiger partial charge in [-0.2, -0.15) is 0 Å². The van der Waals surface area contributed by atoms with Crippen LogP contribution in [0.5, 0.6) is 0 Å². The lowest BCUT2D eigenvalue weighted by Gasteiger charge is -2.20. The Labute approximate surface area is 234 Å². The minimum atomic E-state index is -1.50. The van der Waals surface area contributed by atoms with Crippen LogP contribution in [0.3, 0.4) is 0 Å². The van der Waals surface area contributed by atoms with Crippen molar-refractivity contribution >= 4 is 52.2 Å². The van der Waals surface area contributed by atoms with Crippen molar-refractivity contribution in [3.63, 3.8) is 0 Å². The molecule has 14 heteroatoms. The van der Waals surface area contributed by atoms with E-state index in [0.717, 1.165) is 10.9 Å². The number of carboxylic acids is 2. The fraction of sp³-hybridized carbons (Fsp3) is 0.259. The van der Waals surface area contributed by atoms with Gasteiger partial charge in [0, 0.05) is 42.0 Å². The van der Waals surface area contributed by atoms with Crippen molar-refractivity contribution < 1.29 is 34.2 Å². The van der Waals surface area contributed by atoms with Gasteiger partial charge in [0.15, 0.2) is 5.96 Å². The van der Waals surface area contributed by atoms with E-state index in [0.29, 0.717) is 16.8 Å². The molecule has 3 aromatic rings. The standard InChI is InChI=1S/C27H31N7O7/c28-27(29)32-17-9-7-15(8-10-17)24(38)30-11-3-6-22(35)33-20(13-23(36)37)25(39)34-21(26(40)41)12-16-14-31-19-5-2-1-4-18(16)19/h1-2,4-5,7-10,14,20-21,31H,3,6,11-13H2,(H,30,38)(H,33,35)(H,34,39)(H,36,37)(H,40,41)(H4,28,29,32)/t20-,21+/m0/s1. The van der Waals surface area contributed by atoms with E-state index in [4.69, 9.17) is 11.5 Å². The number of carbonyl (C=O) groups excluding carboxylic acids is 3. The highest BCUT2D eigenvalue weighted by atomic mass is 16.4. The number of nitrogens with two attached hydrogens (primary N) is 2. The molecular weight excluding hydrogens is 534 g/mol. The Morgan fingerprint density at radius 2 is 1.63 bits per heavy atom. The Hall–Kier alpha value is -5.40. The first kappa shape index (κ1) is 30.1. The number of hydrogen-bond acceptors (Lipinski definition) is 6. The minimum Gasteiger partial charge on any atom is -0.481 e. The lowest BCUT2D eigenvalue weighted by Crippen LogP contribution is -2.53. The largest absolute Gasteiger partial charge is 0.481 e. The molecular formula is C27H31N7O7. The van der Waals surface area contributed by atoms with Gasteiger partial charge in [0.2, 0.25) is 11.8 Å². The van der Waals surface area contributed by atoms with Crippen LogP contribution in [0.4, 0.5) is 5.69 Å². The predicted molar refractivity (Wildman–Crippen MR) is 149 cm³/mol. The van der Waals surface area contributed by atoms with Gasteiger partial charge in [0.25, 0.3) is 5.91 Å². The molecule has 0 unspecified atom stereocenters. The number of nitrogens with zero attached hydrogens (tertiary/aromatic N) is 1. The molecule has 3 rings (SSSR count). The van der Waals surface area contributed by atoms with Gasteiger partial charge in [-0.15, -0.1) is 0 Å². The van der Waals surface area contributed by atoms with Gasteiger partial charge in [0.05, 0.1) is 12.1 Å². The molecule has 0 saturated carbocycles. The quantitative estimate of drug-likeness (QED) is 0.0763. The van der Waals surface area contributed by atoms with Gasteiger partial charge in [-0.1, -0.05) is 18.2 Å². The van der Waals surface area contributed by atoms with E-state index in [9.17, 15) is 34.2 Å². The second-order valence-corrected chi connectivity index (χ2v) is 9.12. The number of carboxylic acid groups (broad SMARTS) is 2. The van der Waals surface area contributed by atoms with Crippen molar-refractivity contribution in [1.29, 1.82) is 0 Å². The van der Waals surface area contributed by atoms with Crippen molar-refractivity contribution in [2.24, 2.45) is 16.5 Å². The third kappa shape index (κ3) is 9.09. The van der Waals surface area contributed by atoms with Crippen molar-refractivity contribution in [3.05, 3.63) is 65.9 Å². The van der Waals surface area contributed by atoms with Crippen LogP contribution in [0.2, 0.25) is 0 Å². The van der Waals surface area contributed by atoms with Gasteiger partial charge in [-0.05, 0) is 42.3 Å². The van der Waals surface area contributed by atoms with Crippen LogP contribution in [-0.2, 0) is 25.6 Å². The van der Waals surface area contributed by atoms with Crippen LogP contribution in [0.25, 0.3) is 10.9 Å². The first-order valence-corrected chi connectivity index (χ1v) is 12.6. The predicted octanol–water partition coefficient (Wildman–Crippen LogP) is 0.354. The molecule has 1 heterocycles. The first-order chi connectivity index (χ1) is 19.5. The van der Waals surface area contributed by atoms with E-state index in [2.05, 4.69) is 25.9 Å². The van der Waals surface area contributed by atoms with E-state index < -0.39 is 42.3 Å². The molecule has 2 atom stereocenters. The fourth-order valence-corrected chi connectivity index (χ4v) is 4.03. The number of rotatable bonds is 14. The second-order valence-electron chi connectivity index (χ2n) is 9.12. The molecule has 3 amide bonds. The highest BCUT2D eigenvalue weighted by Gasteiger charge is 2.29. The number of para-hydroxylation sites is 1. The summed E-state index contributed by atoms with van der Waals surface area (Å²) in [5.74, 6) is -4.75. The molecule has 10 N–H and O–H groups in total. The number of aliphatic carboxylic acids is 2. The van der Waals surface area contributed by atoms with Crippen LogP contribution in [-0.4, -0.2) is 69.4 Å². The molecule has 216 valence electrons. The normalized spacial score (nSPS) is 12.1. The van der Waals surface area contributed by atoms with Crippen LogP contribution < -0.4 is 27.4 Å². The number of guanidine groups is 1. The molecule has 41 heavy (non-hydrogen) atoms. The number of fused-ring (bicyclic) bond motifs is 1. The monoisotopic (exact) mass is 565 g/mol. The Balaban J connectivity index is 1.52. The first-order valence-electron chi connectivity index (χ1n) is 12.6. The minimum absolute atomic E-state index is 0.0600. The number of aliphatic imine (C=N–C) groups is 1. The van der Waals surface area contributed by atoms with Crippen molar-refractivity contribution in [1.82, 2.24) is 20.9 Å². The average molecular weight is 566 g/mol. The molecule has 0 aliphatic rings.